The maximum Gasteiger partial charge on any atom is 0.325 e. The zero-order valence-electron chi connectivity index (χ0n) is 10.8. The Hall–Kier alpha value is -2.03. The summed E-state index contributed by atoms with van der Waals surface area (Å²) in [5.41, 5.74) is 0. The summed E-state index contributed by atoms with van der Waals surface area (Å²) in [4.78, 5) is 41.5. The van der Waals surface area contributed by atoms with Gasteiger partial charge in [0.1, 0.15) is 0 Å². The maximum absolute atomic E-state index is 12.0. The molecule has 2 heterocycles. The summed E-state index contributed by atoms with van der Waals surface area (Å²) >= 11 is 1.02. The van der Waals surface area contributed by atoms with Crippen LogP contribution in [0.3, 0.4) is 0 Å². The molecule has 8 nitrogen and oxygen atoms in total. The number of carbonyl (C=O) groups excluding carboxylic acids is 2. The lowest BCUT2D eigenvalue weighted by atomic mass is 10.1. The Bertz CT molecular complexity index is 507. The number of aliphatic carboxylic acids is 1. The lowest BCUT2D eigenvalue weighted by Crippen LogP contribution is -2.63. The van der Waals surface area contributed by atoms with E-state index in [0.29, 0.717) is 11.7 Å². The van der Waals surface area contributed by atoms with Gasteiger partial charge in [-0.25, -0.2) is 9.79 Å². The van der Waals surface area contributed by atoms with Gasteiger partial charge in [-0.05, 0) is 0 Å². The molecule has 1 saturated heterocycles. The molecule has 0 aromatic rings. The molecule has 20 heavy (non-hydrogen) atoms. The number of carbonyl (C=O) groups is 3. The molecule has 0 bridgehead atoms. The van der Waals surface area contributed by atoms with Gasteiger partial charge in [0.2, 0.25) is 0 Å². The van der Waals surface area contributed by atoms with Gasteiger partial charge in [0.25, 0.3) is 5.91 Å². The van der Waals surface area contributed by atoms with E-state index in [-0.39, 0.29) is 5.75 Å². The van der Waals surface area contributed by atoms with Crippen LogP contribution in [0.5, 0.6) is 0 Å². The molecule has 0 aromatic heterocycles. The molecule has 3 amide bonds. The molecule has 9 heteroatoms. The number of nitrogens with zero attached hydrogens (tertiary/aromatic N) is 3. The van der Waals surface area contributed by atoms with Crippen molar-refractivity contribution in [3.63, 3.8) is 0 Å². The summed E-state index contributed by atoms with van der Waals surface area (Å²) in [6.45, 7) is 3.97. The smallest absolute Gasteiger partial charge is 0.325 e. The average Bonchev–Trinajstić information content (AvgIpc) is 2.74. The van der Waals surface area contributed by atoms with Crippen LogP contribution in [0.4, 0.5) is 4.79 Å². The van der Waals surface area contributed by atoms with Gasteiger partial charge in [-0.2, -0.15) is 0 Å². The molecule has 2 unspecified atom stereocenters. The first kappa shape index (κ1) is 14.4. The SMILES string of the molecule is C=CCN1C(SCC(=O)O)=NC2C1C(=O)NC(=O)N2C. The first-order valence-electron chi connectivity index (χ1n) is 5.83. The van der Waals surface area contributed by atoms with E-state index in [1.165, 1.54) is 4.90 Å². The normalized spacial score (nSPS) is 25.1. The summed E-state index contributed by atoms with van der Waals surface area (Å²) < 4.78 is 0. The Morgan fingerprint density at radius 1 is 1.60 bits per heavy atom. The van der Waals surface area contributed by atoms with Crippen LogP contribution < -0.4 is 5.32 Å². The number of hydrogen-bond acceptors (Lipinski definition) is 6. The summed E-state index contributed by atoms with van der Waals surface area (Å²) in [5, 5.41) is 11.4. The van der Waals surface area contributed by atoms with Crippen LogP contribution in [0.2, 0.25) is 0 Å². The number of fused-ring (bicyclic) bond motifs is 1. The van der Waals surface area contributed by atoms with Gasteiger partial charge in [0.05, 0.1) is 5.75 Å². The fourth-order valence-electron chi connectivity index (χ4n) is 2.08. The Morgan fingerprint density at radius 2 is 2.30 bits per heavy atom. The largest absolute Gasteiger partial charge is 0.481 e. The van der Waals surface area contributed by atoms with E-state index in [4.69, 9.17) is 5.11 Å². The summed E-state index contributed by atoms with van der Waals surface area (Å²) in [6, 6.07) is -1.16. The van der Waals surface area contributed by atoms with Gasteiger partial charge in [-0.15, -0.1) is 6.58 Å². The number of nitrogens with one attached hydrogen (secondary N) is 1. The predicted molar refractivity (Wildman–Crippen MR) is 73.3 cm³/mol. The van der Waals surface area contributed by atoms with Crippen molar-refractivity contribution in [2.75, 3.05) is 19.3 Å². The lowest BCUT2D eigenvalue weighted by Gasteiger charge is -2.35. The number of likely N-dealkylation sites (N-methyl/N-ethyl adjacent to an activating group) is 1. The van der Waals surface area contributed by atoms with E-state index in [9.17, 15) is 14.4 Å². The van der Waals surface area contributed by atoms with Crippen molar-refractivity contribution in [3.8, 4) is 0 Å². The molecule has 0 aliphatic carbocycles. The van der Waals surface area contributed by atoms with Crippen LogP contribution in [0.1, 0.15) is 0 Å². The van der Waals surface area contributed by atoms with Crippen LogP contribution in [0.25, 0.3) is 0 Å². The summed E-state index contributed by atoms with van der Waals surface area (Å²) in [5.74, 6) is -1.57. The second-order valence-electron chi connectivity index (χ2n) is 4.30. The lowest BCUT2D eigenvalue weighted by molar-refractivity contribution is -0.134. The van der Waals surface area contributed by atoms with Crippen LogP contribution in [-0.4, -0.2) is 69.5 Å². The molecule has 1 fully saturated rings. The minimum Gasteiger partial charge on any atom is -0.481 e. The summed E-state index contributed by atoms with van der Waals surface area (Å²) in [7, 11) is 1.54. The van der Waals surface area contributed by atoms with E-state index >= 15 is 0 Å². The third-order valence-electron chi connectivity index (χ3n) is 2.97. The first-order chi connectivity index (χ1) is 9.45. The third kappa shape index (κ3) is 2.48. The van der Waals surface area contributed by atoms with Crippen LogP contribution >= 0.6 is 11.8 Å². The molecule has 2 aliphatic rings. The number of amides is 3. The zero-order chi connectivity index (χ0) is 14.9. The molecule has 2 rings (SSSR count). The number of amidine groups is 1. The Morgan fingerprint density at radius 3 is 2.90 bits per heavy atom. The Kier molecular flexibility index (Phi) is 3.98. The Balaban J connectivity index is 2.26. The molecular weight excluding hydrogens is 284 g/mol. The quantitative estimate of drug-likeness (QED) is 0.681. The molecule has 2 N–H and O–H groups in total. The molecule has 0 aromatic carbocycles. The fraction of sp³-hybridized carbons (Fsp3) is 0.455. The van der Waals surface area contributed by atoms with E-state index in [1.54, 1.807) is 18.0 Å². The summed E-state index contributed by atoms with van der Waals surface area (Å²) in [6.07, 6.45) is 0.968. The number of urea groups is 1. The Labute approximate surface area is 119 Å². The standard InChI is InChI=1S/C11H14N4O4S/c1-3-4-15-7-8(12-11(15)20-5-6(16)17)14(2)10(19)13-9(7)18/h3,7-8H,1,4-5H2,2H3,(H,16,17)(H,13,18,19). The number of rotatable bonds is 4. The molecule has 108 valence electrons. The number of thioether (sulfide) groups is 1. The van der Waals surface area contributed by atoms with Gasteiger partial charge in [-0.1, -0.05) is 17.8 Å². The van der Waals surface area contributed by atoms with Crippen molar-refractivity contribution in [3.05, 3.63) is 12.7 Å². The monoisotopic (exact) mass is 298 g/mol. The fourth-order valence-corrected chi connectivity index (χ4v) is 2.87. The van der Waals surface area contributed by atoms with Crippen LogP contribution in [0.15, 0.2) is 17.6 Å². The van der Waals surface area contributed by atoms with E-state index < -0.39 is 30.1 Å². The van der Waals surface area contributed by atoms with Gasteiger partial charge in [-0.3, -0.25) is 14.9 Å². The minimum atomic E-state index is -0.972. The van der Waals surface area contributed by atoms with Crippen molar-refractivity contribution >= 4 is 34.8 Å². The van der Waals surface area contributed by atoms with Gasteiger partial charge >= 0.3 is 12.0 Å². The molecule has 2 aliphatic heterocycles. The molecule has 0 radical (unpaired) electrons. The third-order valence-corrected chi connectivity index (χ3v) is 3.96. The van der Waals surface area contributed by atoms with E-state index in [2.05, 4.69) is 16.9 Å². The molecule has 0 saturated carbocycles. The average molecular weight is 298 g/mol. The highest BCUT2D eigenvalue weighted by Crippen LogP contribution is 2.28. The van der Waals surface area contributed by atoms with Crippen molar-refractivity contribution in [1.29, 1.82) is 0 Å². The molecular formula is C11H14N4O4S. The second-order valence-corrected chi connectivity index (χ2v) is 5.24. The highest BCUT2D eigenvalue weighted by atomic mass is 32.2. The highest BCUT2D eigenvalue weighted by Gasteiger charge is 2.48. The zero-order valence-corrected chi connectivity index (χ0v) is 11.6. The number of carboxylic acids is 1. The number of carboxylic acid groups (broad SMARTS) is 1. The molecule has 2 atom stereocenters. The van der Waals surface area contributed by atoms with Crippen LogP contribution in [0, 0.1) is 0 Å². The number of aliphatic imine (C=N–C) groups is 1. The van der Waals surface area contributed by atoms with Crippen molar-refractivity contribution < 1.29 is 19.5 Å². The predicted octanol–water partition coefficient (Wildman–Crippen LogP) is -0.462. The maximum atomic E-state index is 12.0. The van der Waals surface area contributed by atoms with E-state index in [0.717, 1.165) is 11.8 Å². The van der Waals surface area contributed by atoms with Gasteiger partial charge in [0.15, 0.2) is 17.4 Å². The highest BCUT2D eigenvalue weighted by molar-refractivity contribution is 8.14. The van der Waals surface area contributed by atoms with Gasteiger partial charge in [0, 0.05) is 13.6 Å². The van der Waals surface area contributed by atoms with Gasteiger partial charge < -0.3 is 14.9 Å². The minimum absolute atomic E-state index is 0.162. The topological polar surface area (TPSA) is 102 Å². The first-order valence-corrected chi connectivity index (χ1v) is 6.82. The second kappa shape index (κ2) is 5.53. The van der Waals surface area contributed by atoms with E-state index in [1.807, 2.05) is 0 Å². The van der Waals surface area contributed by atoms with Crippen molar-refractivity contribution in [2.24, 2.45) is 4.99 Å². The van der Waals surface area contributed by atoms with Crippen LogP contribution in [-0.2, 0) is 9.59 Å². The van der Waals surface area contributed by atoms with Crippen molar-refractivity contribution in [2.45, 2.75) is 12.2 Å². The number of hydrogen-bond donors (Lipinski definition) is 2. The van der Waals surface area contributed by atoms with Crippen molar-refractivity contribution in [1.82, 2.24) is 15.1 Å². The number of imide groups is 1. The molecule has 0 spiro atoms.